The van der Waals surface area contributed by atoms with E-state index in [1.54, 1.807) is 0 Å². The average Bonchev–Trinajstić information content (AvgIpc) is 2.47. The van der Waals surface area contributed by atoms with Gasteiger partial charge >= 0.3 is 16.3 Å². The largest absolute Gasteiger partial charge is 0.416 e. The van der Waals surface area contributed by atoms with E-state index in [2.05, 4.69) is 15.9 Å². The van der Waals surface area contributed by atoms with E-state index in [9.17, 15) is 26.4 Å². The minimum atomic E-state index is -4.58. The molecule has 0 bridgehead atoms. The Bertz CT molecular complexity index is 908. The first-order valence-electron chi connectivity index (χ1n) is 6.87. The highest BCUT2D eigenvalue weighted by Crippen LogP contribution is 2.30. The number of alkyl halides is 3. The fourth-order valence-corrected chi connectivity index (χ4v) is 3.48. The molecule has 9 heteroatoms. The second-order valence-electron chi connectivity index (χ2n) is 5.18. The van der Waals surface area contributed by atoms with Gasteiger partial charge in [0.05, 0.1) is 11.1 Å². The van der Waals surface area contributed by atoms with Gasteiger partial charge in [0.1, 0.15) is 5.75 Å². The maximum absolute atomic E-state index is 12.7. The number of hydrogen-bond donors (Lipinski definition) is 0. The van der Waals surface area contributed by atoms with Crippen molar-refractivity contribution in [2.24, 2.45) is 0 Å². The average molecular weight is 437 g/mol. The van der Waals surface area contributed by atoms with Gasteiger partial charge in [-0.05, 0) is 36.8 Å². The van der Waals surface area contributed by atoms with Crippen LogP contribution in [0, 0.1) is 0 Å². The summed E-state index contributed by atoms with van der Waals surface area (Å²) in [6.07, 6.45) is -4.58. The molecule has 0 heterocycles. The van der Waals surface area contributed by atoms with Crippen LogP contribution in [0.15, 0.2) is 46.9 Å². The second kappa shape index (κ2) is 7.17. The van der Waals surface area contributed by atoms with Crippen LogP contribution in [-0.2, 0) is 22.0 Å². The fraction of sp³-hybridized carbons (Fsp3) is 0.188. The van der Waals surface area contributed by atoms with Crippen molar-refractivity contribution < 1.29 is 30.6 Å². The Morgan fingerprint density at radius 3 is 2.44 bits per heavy atom. The Balaban J connectivity index is 2.28. The Kier molecular flexibility index (Phi) is 5.58. The Hall–Kier alpha value is -1.87. The number of hydrogen-bond acceptors (Lipinski definition) is 4. The Morgan fingerprint density at radius 2 is 1.84 bits per heavy atom. The standard InChI is InChI=1S/C16H12BrF3O4S/c1-10(21)14-8-13(17)5-6-15(14)24-25(22,23)9-11-3-2-4-12(7-11)16(18,19)20/h2-8H,9H2,1H3. The zero-order valence-electron chi connectivity index (χ0n) is 12.8. The maximum atomic E-state index is 12.7. The van der Waals surface area contributed by atoms with E-state index in [-0.39, 0.29) is 16.9 Å². The number of ketones is 1. The molecule has 0 aliphatic carbocycles. The highest BCUT2D eigenvalue weighted by atomic mass is 79.9. The second-order valence-corrected chi connectivity index (χ2v) is 7.67. The summed E-state index contributed by atoms with van der Waals surface area (Å²) in [6.45, 7) is 1.24. The van der Waals surface area contributed by atoms with Crippen LogP contribution in [0.4, 0.5) is 13.2 Å². The lowest BCUT2D eigenvalue weighted by Gasteiger charge is -2.12. The molecule has 0 saturated carbocycles. The van der Waals surface area contributed by atoms with Gasteiger partial charge in [0, 0.05) is 4.47 Å². The number of benzene rings is 2. The molecule has 0 atom stereocenters. The number of carbonyl (C=O) groups excluding carboxylic acids is 1. The summed E-state index contributed by atoms with van der Waals surface area (Å²) in [5.41, 5.74) is -0.980. The van der Waals surface area contributed by atoms with Crippen molar-refractivity contribution in [1.29, 1.82) is 0 Å². The van der Waals surface area contributed by atoms with Gasteiger partial charge in [-0.15, -0.1) is 0 Å². The van der Waals surface area contributed by atoms with Crippen LogP contribution < -0.4 is 4.18 Å². The highest BCUT2D eigenvalue weighted by molar-refractivity contribution is 9.10. The molecule has 0 aliphatic rings. The molecule has 4 nitrogen and oxygen atoms in total. The van der Waals surface area contributed by atoms with Crippen molar-refractivity contribution in [2.75, 3.05) is 0 Å². The monoisotopic (exact) mass is 436 g/mol. The van der Waals surface area contributed by atoms with E-state index in [1.807, 2.05) is 0 Å². The third-order valence-corrected chi connectivity index (χ3v) is 4.75. The summed E-state index contributed by atoms with van der Waals surface area (Å²) in [7, 11) is -4.25. The van der Waals surface area contributed by atoms with Gasteiger partial charge in [0.25, 0.3) is 0 Å². The molecule has 0 spiro atoms. The first-order chi connectivity index (χ1) is 11.5. The molecule has 134 valence electrons. The molecule has 2 rings (SSSR count). The van der Waals surface area contributed by atoms with Gasteiger partial charge < -0.3 is 4.18 Å². The van der Waals surface area contributed by atoms with Gasteiger partial charge in [0.2, 0.25) is 0 Å². The van der Waals surface area contributed by atoms with Crippen LogP contribution >= 0.6 is 15.9 Å². The molecular formula is C16H12BrF3O4S. The van der Waals surface area contributed by atoms with Crippen LogP contribution in [0.25, 0.3) is 0 Å². The van der Waals surface area contributed by atoms with Crippen molar-refractivity contribution in [3.8, 4) is 5.75 Å². The third-order valence-electron chi connectivity index (χ3n) is 3.14. The fourth-order valence-electron chi connectivity index (χ4n) is 2.06. The van der Waals surface area contributed by atoms with E-state index >= 15 is 0 Å². The van der Waals surface area contributed by atoms with Gasteiger partial charge in [-0.3, -0.25) is 4.79 Å². The number of carbonyl (C=O) groups is 1. The normalized spacial score (nSPS) is 12.0. The van der Waals surface area contributed by atoms with Crippen molar-refractivity contribution >= 4 is 31.8 Å². The maximum Gasteiger partial charge on any atom is 0.416 e. The quantitative estimate of drug-likeness (QED) is 0.508. The lowest BCUT2D eigenvalue weighted by Crippen LogP contribution is -2.14. The van der Waals surface area contributed by atoms with Crippen LogP contribution in [0.3, 0.4) is 0 Å². The smallest absolute Gasteiger partial charge is 0.381 e. The molecule has 2 aromatic carbocycles. The van der Waals surface area contributed by atoms with Gasteiger partial charge in [0.15, 0.2) is 11.5 Å². The van der Waals surface area contributed by atoms with Crippen LogP contribution in [0.1, 0.15) is 28.4 Å². The summed E-state index contributed by atoms with van der Waals surface area (Å²) in [5.74, 6) is -1.35. The molecule has 25 heavy (non-hydrogen) atoms. The van der Waals surface area contributed by atoms with E-state index in [0.29, 0.717) is 4.47 Å². The number of halogens is 4. The predicted octanol–water partition coefficient (Wildman–Crippen LogP) is 4.58. The van der Waals surface area contributed by atoms with E-state index in [0.717, 1.165) is 18.2 Å². The SMILES string of the molecule is CC(=O)c1cc(Br)ccc1OS(=O)(=O)Cc1cccc(C(F)(F)F)c1. The van der Waals surface area contributed by atoms with Crippen LogP contribution in [0.5, 0.6) is 5.75 Å². The summed E-state index contributed by atoms with van der Waals surface area (Å²) >= 11 is 3.16. The molecule has 0 radical (unpaired) electrons. The first kappa shape index (κ1) is 19.5. The molecule has 2 aromatic rings. The van der Waals surface area contributed by atoms with Gasteiger partial charge in [-0.25, -0.2) is 0 Å². The first-order valence-corrected chi connectivity index (χ1v) is 9.24. The van der Waals surface area contributed by atoms with Crippen molar-refractivity contribution in [2.45, 2.75) is 18.9 Å². The van der Waals surface area contributed by atoms with Crippen molar-refractivity contribution in [3.63, 3.8) is 0 Å². The summed E-state index contributed by atoms with van der Waals surface area (Å²) in [6, 6.07) is 8.15. The Morgan fingerprint density at radius 1 is 1.16 bits per heavy atom. The molecule has 0 aromatic heterocycles. The van der Waals surface area contributed by atoms with Gasteiger partial charge in [-0.1, -0.05) is 34.1 Å². The molecule has 0 amide bonds. The predicted molar refractivity (Wildman–Crippen MR) is 88.8 cm³/mol. The molecule has 0 saturated heterocycles. The molecule has 0 fully saturated rings. The lowest BCUT2D eigenvalue weighted by atomic mass is 10.1. The third kappa shape index (κ3) is 5.30. The lowest BCUT2D eigenvalue weighted by molar-refractivity contribution is -0.137. The van der Waals surface area contributed by atoms with Gasteiger partial charge in [-0.2, -0.15) is 21.6 Å². The highest BCUT2D eigenvalue weighted by Gasteiger charge is 2.31. The summed E-state index contributed by atoms with van der Waals surface area (Å²) in [5, 5.41) is 0. The zero-order valence-corrected chi connectivity index (χ0v) is 15.2. The van der Waals surface area contributed by atoms with Crippen molar-refractivity contribution in [3.05, 3.63) is 63.6 Å². The van der Waals surface area contributed by atoms with E-state index < -0.39 is 33.4 Å². The zero-order chi connectivity index (χ0) is 18.8. The van der Waals surface area contributed by atoms with E-state index in [1.165, 1.54) is 31.2 Å². The topological polar surface area (TPSA) is 60.4 Å². The summed E-state index contributed by atoms with van der Waals surface area (Å²) < 4.78 is 67.9. The van der Waals surface area contributed by atoms with E-state index in [4.69, 9.17) is 4.18 Å². The summed E-state index contributed by atoms with van der Waals surface area (Å²) in [4.78, 5) is 11.6. The van der Waals surface area contributed by atoms with Crippen molar-refractivity contribution in [1.82, 2.24) is 0 Å². The number of Topliss-reactive ketones (excluding diaryl/α,β-unsaturated/α-hetero) is 1. The molecule has 0 N–H and O–H groups in total. The minimum absolute atomic E-state index is 0.0435. The number of rotatable bonds is 5. The molecular weight excluding hydrogens is 425 g/mol. The Labute approximate surface area is 150 Å². The van der Waals surface area contributed by atoms with Crippen LogP contribution in [0.2, 0.25) is 0 Å². The molecule has 0 unspecified atom stereocenters. The molecule has 0 aliphatic heterocycles. The van der Waals surface area contributed by atoms with Crippen LogP contribution in [-0.4, -0.2) is 14.2 Å². The minimum Gasteiger partial charge on any atom is -0.381 e.